The minimum absolute atomic E-state index is 0.00831. The average Bonchev–Trinajstić information content (AvgIpc) is 2.63. The molecular weight excluding hydrogens is 338 g/mol. The van der Waals surface area contributed by atoms with Crippen molar-refractivity contribution in [3.63, 3.8) is 0 Å². The van der Waals surface area contributed by atoms with Gasteiger partial charge in [0.1, 0.15) is 5.70 Å². The number of nitro groups is 1. The van der Waals surface area contributed by atoms with Crippen molar-refractivity contribution < 1.29 is 19.2 Å². The highest BCUT2D eigenvalue weighted by Crippen LogP contribution is 2.24. The van der Waals surface area contributed by atoms with Crippen molar-refractivity contribution in [3.05, 3.63) is 45.6 Å². The van der Waals surface area contributed by atoms with Crippen LogP contribution in [0.1, 0.15) is 37.7 Å². The fraction of sp³-hybridized carbons (Fsp3) is 0.444. The van der Waals surface area contributed by atoms with E-state index in [2.05, 4.69) is 15.4 Å². The minimum Gasteiger partial charge on any atom is -0.466 e. The zero-order valence-electron chi connectivity index (χ0n) is 14.9. The number of carbonyl (C=O) groups is 2. The van der Waals surface area contributed by atoms with Crippen LogP contribution in [-0.4, -0.2) is 30.0 Å². The minimum atomic E-state index is -0.686. The molecule has 0 heterocycles. The molecule has 1 aliphatic rings. The Kier molecular flexibility index (Phi) is 6.71. The van der Waals surface area contributed by atoms with E-state index in [-0.39, 0.29) is 17.4 Å². The van der Waals surface area contributed by atoms with Gasteiger partial charge in [0.05, 0.1) is 18.1 Å². The first-order valence-electron chi connectivity index (χ1n) is 8.53. The van der Waals surface area contributed by atoms with E-state index in [1.54, 1.807) is 13.0 Å². The molecule has 1 aromatic carbocycles. The number of hydrogen-bond donors (Lipinski definition) is 2. The highest BCUT2D eigenvalue weighted by atomic mass is 16.6. The number of nitrogens with zero attached hydrogens (tertiary/aromatic N) is 1. The third-order valence-corrected chi connectivity index (χ3v) is 4.35. The highest BCUT2D eigenvalue weighted by Gasteiger charge is 2.20. The van der Waals surface area contributed by atoms with Gasteiger partial charge in [-0.1, -0.05) is 25.3 Å². The summed E-state index contributed by atoms with van der Waals surface area (Å²) in [5.74, 6) is -1.12. The van der Waals surface area contributed by atoms with Crippen LogP contribution < -0.4 is 10.6 Å². The number of ether oxygens (including phenoxy) is 1. The molecule has 1 aromatic rings. The summed E-state index contributed by atoms with van der Waals surface area (Å²) < 4.78 is 4.61. The van der Waals surface area contributed by atoms with Gasteiger partial charge in [-0.05, 0) is 25.3 Å². The zero-order chi connectivity index (χ0) is 19.1. The first-order chi connectivity index (χ1) is 12.4. The summed E-state index contributed by atoms with van der Waals surface area (Å²) in [5, 5.41) is 16.7. The monoisotopic (exact) mass is 361 g/mol. The SMILES string of the molecule is COC(=O)/C=C(\Nc1cc([N+](=O)[O-])ccc1C)C(=O)NC1CCCCC1. The number of rotatable bonds is 6. The number of hydrogen-bond acceptors (Lipinski definition) is 6. The quantitative estimate of drug-likeness (QED) is 0.349. The van der Waals surface area contributed by atoms with E-state index >= 15 is 0 Å². The van der Waals surface area contributed by atoms with Crippen LogP contribution in [0.25, 0.3) is 0 Å². The summed E-state index contributed by atoms with van der Waals surface area (Å²) in [4.78, 5) is 34.7. The normalized spacial score (nSPS) is 15.2. The number of nitrogens with one attached hydrogen (secondary N) is 2. The van der Waals surface area contributed by atoms with Crippen molar-refractivity contribution in [1.29, 1.82) is 0 Å². The van der Waals surface area contributed by atoms with Gasteiger partial charge < -0.3 is 15.4 Å². The number of aryl methyl sites for hydroxylation is 1. The van der Waals surface area contributed by atoms with Crippen molar-refractivity contribution in [3.8, 4) is 0 Å². The molecule has 8 nitrogen and oxygen atoms in total. The molecule has 0 atom stereocenters. The van der Waals surface area contributed by atoms with Crippen LogP contribution in [0.15, 0.2) is 30.0 Å². The molecule has 0 unspecified atom stereocenters. The lowest BCUT2D eigenvalue weighted by atomic mass is 9.95. The lowest BCUT2D eigenvalue weighted by Crippen LogP contribution is -2.38. The van der Waals surface area contributed by atoms with Crippen molar-refractivity contribution >= 4 is 23.3 Å². The molecule has 0 saturated heterocycles. The van der Waals surface area contributed by atoms with E-state index < -0.39 is 16.8 Å². The molecular formula is C18H23N3O5. The Labute approximate surface area is 151 Å². The van der Waals surface area contributed by atoms with Crippen molar-refractivity contribution in [2.24, 2.45) is 0 Å². The smallest absolute Gasteiger partial charge is 0.332 e. The lowest BCUT2D eigenvalue weighted by Gasteiger charge is -2.23. The maximum absolute atomic E-state index is 12.6. The Morgan fingerprint density at radius 2 is 1.96 bits per heavy atom. The standard InChI is InChI=1S/C18H23N3O5/c1-12-8-9-14(21(24)25)10-15(12)20-16(11-17(22)26-2)18(23)19-13-6-4-3-5-7-13/h8-11,13,20H,3-7H2,1-2H3,(H,19,23)/b16-11-. The average molecular weight is 361 g/mol. The van der Waals surface area contributed by atoms with Gasteiger partial charge in [-0.2, -0.15) is 0 Å². The molecule has 2 rings (SSSR count). The number of nitro benzene ring substituents is 1. The van der Waals surface area contributed by atoms with Gasteiger partial charge in [-0.3, -0.25) is 14.9 Å². The third-order valence-electron chi connectivity index (χ3n) is 4.35. The molecule has 0 bridgehead atoms. The van der Waals surface area contributed by atoms with Gasteiger partial charge in [-0.25, -0.2) is 4.79 Å². The summed E-state index contributed by atoms with van der Waals surface area (Å²) in [6.45, 7) is 1.75. The van der Waals surface area contributed by atoms with Gasteiger partial charge in [0.25, 0.3) is 11.6 Å². The van der Waals surface area contributed by atoms with Crippen LogP contribution in [0.5, 0.6) is 0 Å². The van der Waals surface area contributed by atoms with E-state index in [9.17, 15) is 19.7 Å². The molecule has 140 valence electrons. The first-order valence-corrected chi connectivity index (χ1v) is 8.53. The molecule has 1 saturated carbocycles. The Morgan fingerprint density at radius 3 is 2.58 bits per heavy atom. The summed E-state index contributed by atoms with van der Waals surface area (Å²) >= 11 is 0. The van der Waals surface area contributed by atoms with E-state index in [0.29, 0.717) is 11.3 Å². The van der Waals surface area contributed by atoms with Gasteiger partial charge in [0.15, 0.2) is 0 Å². The van der Waals surface area contributed by atoms with E-state index in [1.165, 1.54) is 19.2 Å². The number of non-ortho nitro benzene ring substituents is 1. The largest absolute Gasteiger partial charge is 0.466 e. The van der Waals surface area contributed by atoms with Crippen molar-refractivity contribution in [1.82, 2.24) is 5.32 Å². The van der Waals surface area contributed by atoms with Crippen LogP contribution in [-0.2, 0) is 14.3 Å². The molecule has 0 spiro atoms. The second-order valence-corrected chi connectivity index (χ2v) is 6.27. The lowest BCUT2D eigenvalue weighted by molar-refractivity contribution is -0.384. The van der Waals surface area contributed by atoms with E-state index in [4.69, 9.17) is 0 Å². The Morgan fingerprint density at radius 1 is 1.27 bits per heavy atom. The fourth-order valence-electron chi connectivity index (χ4n) is 2.85. The predicted molar refractivity (Wildman–Crippen MR) is 96.6 cm³/mol. The van der Waals surface area contributed by atoms with Crippen molar-refractivity contribution in [2.45, 2.75) is 45.1 Å². The number of anilines is 1. The fourth-order valence-corrected chi connectivity index (χ4v) is 2.85. The van der Waals surface area contributed by atoms with E-state index in [0.717, 1.165) is 38.2 Å². The Balaban J connectivity index is 2.23. The molecule has 0 radical (unpaired) electrons. The molecule has 8 heteroatoms. The Hall–Kier alpha value is -2.90. The van der Waals surface area contributed by atoms with Crippen molar-refractivity contribution in [2.75, 3.05) is 12.4 Å². The Bertz CT molecular complexity index is 724. The van der Waals surface area contributed by atoms with Gasteiger partial charge in [0.2, 0.25) is 0 Å². The summed E-state index contributed by atoms with van der Waals surface area (Å²) in [5.41, 5.74) is 0.971. The van der Waals surface area contributed by atoms with Gasteiger partial charge >= 0.3 is 5.97 Å². The molecule has 1 amide bonds. The number of esters is 1. The zero-order valence-corrected chi connectivity index (χ0v) is 14.9. The number of methoxy groups -OCH3 is 1. The predicted octanol–water partition coefficient (Wildman–Crippen LogP) is 2.82. The second-order valence-electron chi connectivity index (χ2n) is 6.27. The molecule has 1 fully saturated rings. The summed E-state index contributed by atoms with van der Waals surface area (Å²) in [6, 6.07) is 4.35. The van der Waals surface area contributed by atoms with Gasteiger partial charge in [0, 0.05) is 23.9 Å². The summed E-state index contributed by atoms with van der Waals surface area (Å²) in [7, 11) is 1.22. The molecule has 0 aliphatic heterocycles. The second kappa shape index (κ2) is 8.98. The molecule has 26 heavy (non-hydrogen) atoms. The molecule has 0 aromatic heterocycles. The maximum atomic E-state index is 12.6. The number of amides is 1. The van der Waals surface area contributed by atoms with Crippen LogP contribution in [0, 0.1) is 17.0 Å². The molecule has 1 aliphatic carbocycles. The molecule has 2 N–H and O–H groups in total. The summed E-state index contributed by atoms with van der Waals surface area (Å²) in [6.07, 6.45) is 6.11. The van der Waals surface area contributed by atoms with Crippen LogP contribution in [0.2, 0.25) is 0 Å². The van der Waals surface area contributed by atoms with E-state index in [1.807, 2.05) is 0 Å². The third kappa shape index (κ3) is 5.30. The highest BCUT2D eigenvalue weighted by molar-refractivity contribution is 6.02. The van der Waals surface area contributed by atoms with Crippen LogP contribution >= 0.6 is 0 Å². The maximum Gasteiger partial charge on any atom is 0.332 e. The number of carbonyl (C=O) groups excluding carboxylic acids is 2. The topological polar surface area (TPSA) is 111 Å². The first kappa shape index (κ1) is 19.4. The van der Waals surface area contributed by atoms with Crippen LogP contribution in [0.3, 0.4) is 0 Å². The van der Waals surface area contributed by atoms with Gasteiger partial charge in [-0.15, -0.1) is 0 Å². The number of benzene rings is 1. The van der Waals surface area contributed by atoms with Crippen LogP contribution in [0.4, 0.5) is 11.4 Å².